The van der Waals surface area contributed by atoms with Gasteiger partial charge in [-0.05, 0) is 29.8 Å². The van der Waals surface area contributed by atoms with Crippen LogP contribution in [0.2, 0.25) is 5.02 Å². The van der Waals surface area contributed by atoms with E-state index in [2.05, 4.69) is 10.6 Å². The highest BCUT2D eigenvalue weighted by Crippen LogP contribution is 2.12. The zero-order valence-electron chi connectivity index (χ0n) is 12.6. The number of benzene rings is 2. The molecular formula is C18H14ClN3O2. The fraction of sp³-hybridized carbons (Fsp3) is 0.0556. The Kier molecular flexibility index (Phi) is 6.12. The molecule has 0 heterocycles. The number of urea groups is 1. The van der Waals surface area contributed by atoms with Crippen LogP contribution in [-0.2, 0) is 6.54 Å². The lowest BCUT2D eigenvalue weighted by atomic mass is 10.1. The highest BCUT2D eigenvalue weighted by molar-refractivity contribution is 6.30. The van der Waals surface area contributed by atoms with Gasteiger partial charge in [0.1, 0.15) is 11.6 Å². The van der Waals surface area contributed by atoms with Crippen LogP contribution in [0.15, 0.2) is 66.4 Å². The number of hydrogen-bond donors (Lipinski definition) is 2. The monoisotopic (exact) mass is 339 g/mol. The minimum Gasteiger partial charge on any atom is -0.334 e. The predicted octanol–water partition coefficient (Wildman–Crippen LogP) is 3.43. The number of hydrogen-bond acceptors (Lipinski definition) is 3. The van der Waals surface area contributed by atoms with E-state index in [1.165, 1.54) is 12.1 Å². The Bertz CT molecular complexity index is 793. The van der Waals surface area contributed by atoms with Crippen LogP contribution < -0.4 is 10.6 Å². The van der Waals surface area contributed by atoms with Crippen molar-refractivity contribution in [3.8, 4) is 6.07 Å². The second-order valence-electron chi connectivity index (χ2n) is 4.82. The second kappa shape index (κ2) is 8.51. The number of nitriles is 1. The number of carbonyl (C=O) groups excluding carboxylic acids is 2. The van der Waals surface area contributed by atoms with Gasteiger partial charge in [0.25, 0.3) is 0 Å². The van der Waals surface area contributed by atoms with Crippen molar-refractivity contribution in [1.29, 1.82) is 5.26 Å². The van der Waals surface area contributed by atoms with E-state index in [0.29, 0.717) is 17.1 Å². The molecule has 0 radical (unpaired) electrons. The van der Waals surface area contributed by atoms with Gasteiger partial charge in [-0.2, -0.15) is 5.26 Å². The van der Waals surface area contributed by atoms with Gasteiger partial charge in [-0.1, -0.05) is 41.9 Å². The molecule has 2 aromatic carbocycles. The molecule has 0 saturated heterocycles. The van der Waals surface area contributed by atoms with Crippen LogP contribution in [-0.4, -0.2) is 11.8 Å². The number of allylic oxidation sites excluding steroid dienone is 1. The van der Waals surface area contributed by atoms with Crippen molar-refractivity contribution in [1.82, 2.24) is 10.6 Å². The van der Waals surface area contributed by atoms with E-state index in [1.54, 1.807) is 18.2 Å². The van der Waals surface area contributed by atoms with Gasteiger partial charge >= 0.3 is 6.03 Å². The Morgan fingerprint density at radius 1 is 1.08 bits per heavy atom. The molecule has 120 valence electrons. The molecule has 0 bridgehead atoms. The van der Waals surface area contributed by atoms with E-state index < -0.39 is 11.8 Å². The maximum atomic E-state index is 12.2. The number of halogens is 1. The first-order chi connectivity index (χ1) is 11.6. The normalized spacial score (nSPS) is 10.6. The maximum Gasteiger partial charge on any atom is 0.319 e. The fourth-order valence-electron chi connectivity index (χ4n) is 1.87. The molecule has 5 nitrogen and oxygen atoms in total. The summed E-state index contributed by atoms with van der Waals surface area (Å²) in [6.45, 7) is 0.341. The van der Waals surface area contributed by atoms with Crippen molar-refractivity contribution in [2.24, 2.45) is 0 Å². The highest BCUT2D eigenvalue weighted by atomic mass is 35.5. The van der Waals surface area contributed by atoms with E-state index in [0.717, 1.165) is 11.8 Å². The summed E-state index contributed by atoms with van der Waals surface area (Å²) in [5.74, 6) is -0.488. The highest BCUT2D eigenvalue weighted by Gasteiger charge is 2.12. The van der Waals surface area contributed by atoms with Gasteiger partial charge in [-0.15, -0.1) is 0 Å². The smallest absolute Gasteiger partial charge is 0.319 e. The number of nitrogens with one attached hydrogen (secondary N) is 2. The quantitative estimate of drug-likeness (QED) is 0.497. The molecule has 2 amide bonds. The van der Waals surface area contributed by atoms with Gasteiger partial charge in [0, 0.05) is 23.3 Å². The molecule has 2 aromatic rings. The van der Waals surface area contributed by atoms with Gasteiger partial charge in [0.2, 0.25) is 5.78 Å². The third-order valence-corrected chi connectivity index (χ3v) is 3.37. The average Bonchev–Trinajstić information content (AvgIpc) is 2.61. The molecule has 0 aliphatic rings. The van der Waals surface area contributed by atoms with Crippen LogP contribution in [0.25, 0.3) is 0 Å². The first-order valence-corrected chi connectivity index (χ1v) is 7.47. The van der Waals surface area contributed by atoms with Crippen LogP contribution in [0.4, 0.5) is 4.79 Å². The lowest BCUT2D eigenvalue weighted by Gasteiger charge is -2.05. The van der Waals surface area contributed by atoms with Gasteiger partial charge in [0.15, 0.2) is 0 Å². The molecule has 2 rings (SSSR count). The van der Waals surface area contributed by atoms with Crippen LogP contribution in [0.3, 0.4) is 0 Å². The van der Waals surface area contributed by atoms with Crippen molar-refractivity contribution < 1.29 is 9.59 Å². The van der Waals surface area contributed by atoms with Gasteiger partial charge < -0.3 is 10.6 Å². The molecule has 24 heavy (non-hydrogen) atoms. The molecule has 0 spiro atoms. The number of nitrogens with zero attached hydrogens (tertiary/aromatic N) is 1. The van der Waals surface area contributed by atoms with Crippen LogP contribution in [0, 0.1) is 11.3 Å². The molecule has 0 unspecified atom stereocenters. The number of amides is 2. The second-order valence-corrected chi connectivity index (χ2v) is 5.25. The summed E-state index contributed by atoms with van der Waals surface area (Å²) in [7, 11) is 0. The topological polar surface area (TPSA) is 82.0 Å². The minimum absolute atomic E-state index is 0.174. The Balaban J connectivity index is 1.95. The van der Waals surface area contributed by atoms with Crippen LogP contribution in [0.1, 0.15) is 15.9 Å². The molecule has 2 N–H and O–H groups in total. The molecular weight excluding hydrogens is 326 g/mol. The van der Waals surface area contributed by atoms with E-state index in [-0.39, 0.29) is 5.57 Å². The van der Waals surface area contributed by atoms with Gasteiger partial charge in [-0.25, -0.2) is 4.79 Å². The summed E-state index contributed by atoms with van der Waals surface area (Å²) in [5, 5.41) is 14.6. The number of rotatable bonds is 5. The molecule has 0 aliphatic carbocycles. The lowest BCUT2D eigenvalue weighted by Crippen LogP contribution is -2.32. The van der Waals surface area contributed by atoms with Gasteiger partial charge in [0.05, 0.1) is 0 Å². The van der Waals surface area contributed by atoms with Crippen molar-refractivity contribution >= 4 is 23.4 Å². The summed E-state index contributed by atoms with van der Waals surface area (Å²) >= 11 is 5.76. The van der Waals surface area contributed by atoms with E-state index in [9.17, 15) is 9.59 Å². The summed E-state index contributed by atoms with van der Waals surface area (Å²) in [5.41, 5.74) is 1.08. The molecule has 0 saturated carbocycles. The predicted molar refractivity (Wildman–Crippen MR) is 91.3 cm³/mol. The first-order valence-electron chi connectivity index (χ1n) is 7.09. The van der Waals surface area contributed by atoms with Crippen molar-refractivity contribution in [2.45, 2.75) is 6.54 Å². The third kappa shape index (κ3) is 4.97. The third-order valence-electron chi connectivity index (χ3n) is 3.11. The number of carbonyl (C=O) groups is 2. The summed E-state index contributed by atoms with van der Waals surface area (Å²) in [6, 6.07) is 16.8. The Hall–Kier alpha value is -3.10. The summed E-state index contributed by atoms with van der Waals surface area (Å²) < 4.78 is 0. The maximum absolute atomic E-state index is 12.2. The van der Waals surface area contributed by atoms with Crippen molar-refractivity contribution in [2.75, 3.05) is 0 Å². The van der Waals surface area contributed by atoms with E-state index in [1.807, 2.05) is 30.3 Å². The van der Waals surface area contributed by atoms with Crippen molar-refractivity contribution in [3.05, 3.63) is 82.5 Å². The average molecular weight is 340 g/mol. The Morgan fingerprint density at radius 2 is 1.75 bits per heavy atom. The summed E-state index contributed by atoms with van der Waals surface area (Å²) in [6.07, 6.45) is 1.09. The van der Waals surface area contributed by atoms with Crippen molar-refractivity contribution in [3.63, 3.8) is 0 Å². The summed E-state index contributed by atoms with van der Waals surface area (Å²) in [4.78, 5) is 23.9. The molecule has 0 atom stereocenters. The van der Waals surface area contributed by atoms with Crippen LogP contribution >= 0.6 is 11.6 Å². The standard InChI is InChI=1S/C18H14ClN3O2/c19-16-8-6-14(7-9-16)17(23)15(10-20)12-22-18(24)21-11-13-4-2-1-3-5-13/h1-9,12H,11H2,(H2,21,22,24). The van der Waals surface area contributed by atoms with Gasteiger partial charge in [-0.3, -0.25) is 4.79 Å². The number of Topliss-reactive ketones (excluding diaryl/α,β-unsaturated/α-hetero) is 1. The van der Waals surface area contributed by atoms with Crippen LogP contribution in [0.5, 0.6) is 0 Å². The Morgan fingerprint density at radius 3 is 2.38 bits per heavy atom. The SMILES string of the molecule is N#CC(=CNC(=O)NCc1ccccc1)C(=O)c1ccc(Cl)cc1. The number of ketones is 1. The largest absolute Gasteiger partial charge is 0.334 e. The van der Waals surface area contributed by atoms with E-state index >= 15 is 0 Å². The molecule has 0 fully saturated rings. The van der Waals surface area contributed by atoms with E-state index in [4.69, 9.17) is 16.9 Å². The Labute approximate surface area is 144 Å². The minimum atomic E-state index is -0.504. The molecule has 6 heteroatoms. The first kappa shape index (κ1) is 17.3. The lowest BCUT2D eigenvalue weighted by molar-refractivity contribution is 0.103. The zero-order valence-corrected chi connectivity index (χ0v) is 13.4. The zero-order chi connectivity index (χ0) is 17.4. The molecule has 0 aromatic heterocycles. The molecule has 0 aliphatic heterocycles. The fourth-order valence-corrected chi connectivity index (χ4v) is 2.00.